The monoisotopic (exact) mass is 232 g/mol. The first-order chi connectivity index (χ1) is 8.08. The van der Waals surface area contributed by atoms with Gasteiger partial charge in [-0.25, -0.2) is 0 Å². The third-order valence-corrected chi connectivity index (χ3v) is 3.21. The Morgan fingerprint density at radius 2 is 2.12 bits per heavy atom. The number of hydrogen-bond donors (Lipinski definition) is 2. The first-order valence-corrected chi connectivity index (χ1v) is 6.22. The number of anilines is 1. The molecule has 3 nitrogen and oxygen atoms in total. The topological polar surface area (TPSA) is 41.1 Å². The van der Waals surface area contributed by atoms with Crippen LogP contribution in [0.1, 0.15) is 26.3 Å². The summed E-state index contributed by atoms with van der Waals surface area (Å²) in [6, 6.07) is 8.59. The van der Waals surface area contributed by atoms with E-state index in [1.54, 1.807) is 0 Å². The van der Waals surface area contributed by atoms with Gasteiger partial charge >= 0.3 is 0 Å². The fraction of sp³-hybridized carbons (Fsp3) is 0.500. The summed E-state index contributed by atoms with van der Waals surface area (Å²) in [5.74, 6) is 0.168. The number of para-hydroxylation sites is 1. The quantitative estimate of drug-likeness (QED) is 0.820. The van der Waals surface area contributed by atoms with Gasteiger partial charge in [0.15, 0.2) is 0 Å². The average molecular weight is 232 g/mol. The molecule has 92 valence electrons. The van der Waals surface area contributed by atoms with Crippen molar-refractivity contribution in [1.29, 1.82) is 0 Å². The molecule has 0 spiro atoms. The maximum absolute atomic E-state index is 12.1. The van der Waals surface area contributed by atoms with Gasteiger partial charge in [0.25, 0.3) is 0 Å². The second kappa shape index (κ2) is 4.78. The molecule has 17 heavy (non-hydrogen) atoms. The van der Waals surface area contributed by atoms with Gasteiger partial charge in [0, 0.05) is 17.8 Å². The lowest BCUT2D eigenvalue weighted by atomic mass is 9.87. The van der Waals surface area contributed by atoms with E-state index in [0.717, 1.165) is 12.1 Å². The lowest BCUT2D eigenvalue weighted by Gasteiger charge is -2.32. The van der Waals surface area contributed by atoms with Crippen LogP contribution < -0.4 is 10.6 Å². The fourth-order valence-electron chi connectivity index (χ4n) is 2.31. The Hall–Kier alpha value is -1.51. The zero-order valence-electron chi connectivity index (χ0n) is 10.7. The predicted octanol–water partition coefficient (Wildman–Crippen LogP) is 2.18. The number of amides is 1. The van der Waals surface area contributed by atoms with Crippen molar-refractivity contribution >= 4 is 11.6 Å². The Bertz CT molecular complexity index is 414. The van der Waals surface area contributed by atoms with E-state index in [9.17, 15) is 4.79 Å². The first-order valence-electron chi connectivity index (χ1n) is 6.22. The second-order valence-corrected chi connectivity index (χ2v) is 5.06. The second-order valence-electron chi connectivity index (χ2n) is 5.06. The van der Waals surface area contributed by atoms with Crippen LogP contribution in [0.2, 0.25) is 0 Å². The number of fused-ring (bicyclic) bond motifs is 1. The number of rotatable bonds is 2. The molecule has 2 atom stereocenters. The van der Waals surface area contributed by atoms with Gasteiger partial charge in [0.05, 0.1) is 5.92 Å². The zero-order valence-corrected chi connectivity index (χ0v) is 10.7. The van der Waals surface area contributed by atoms with E-state index < -0.39 is 0 Å². The van der Waals surface area contributed by atoms with E-state index >= 15 is 0 Å². The molecule has 1 aliphatic rings. The van der Waals surface area contributed by atoms with Gasteiger partial charge < -0.3 is 10.6 Å². The van der Waals surface area contributed by atoms with E-state index in [0.29, 0.717) is 0 Å². The molecule has 0 radical (unpaired) electrons. The van der Waals surface area contributed by atoms with Crippen molar-refractivity contribution in [3.8, 4) is 0 Å². The number of carbonyl (C=O) groups excluding carboxylic acids is 1. The molecule has 1 aliphatic heterocycles. The largest absolute Gasteiger partial charge is 0.382 e. The molecule has 0 bridgehead atoms. The third-order valence-electron chi connectivity index (χ3n) is 3.21. The molecule has 0 aliphatic carbocycles. The highest BCUT2D eigenvalue weighted by molar-refractivity contribution is 5.81. The lowest BCUT2D eigenvalue weighted by molar-refractivity contribution is -0.125. The van der Waals surface area contributed by atoms with Crippen molar-refractivity contribution in [2.24, 2.45) is 5.92 Å². The van der Waals surface area contributed by atoms with Crippen molar-refractivity contribution in [3.05, 3.63) is 29.8 Å². The summed E-state index contributed by atoms with van der Waals surface area (Å²) >= 11 is 0. The maximum Gasteiger partial charge on any atom is 0.225 e. The Morgan fingerprint density at radius 1 is 1.41 bits per heavy atom. The Labute approximate surface area is 103 Å². The number of benzene rings is 1. The highest BCUT2D eigenvalue weighted by atomic mass is 16.2. The molecule has 0 aromatic heterocycles. The minimum absolute atomic E-state index is 0.0206. The van der Waals surface area contributed by atoms with Gasteiger partial charge in [-0.3, -0.25) is 4.79 Å². The minimum Gasteiger partial charge on any atom is -0.382 e. The van der Waals surface area contributed by atoms with Gasteiger partial charge in [-0.15, -0.1) is 0 Å². The van der Waals surface area contributed by atoms with Gasteiger partial charge in [-0.2, -0.15) is 0 Å². The summed E-state index contributed by atoms with van der Waals surface area (Å²) < 4.78 is 0. The van der Waals surface area contributed by atoms with Crippen molar-refractivity contribution < 1.29 is 4.79 Å². The zero-order chi connectivity index (χ0) is 12.4. The van der Waals surface area contributed by atoms with E-state index in [1.165, 1.54) is 5.56 Å². The van der Waals surface area contributed by atoms with Gasteiger partial charge in [0.1, 0.15) is 0 Å². The number of carbonyl (C=O) groups is 1. The van der Waals surface area contributed by atoms with Crippen LogP contribution in [-0.4, -0.2) is 18.0 Å². The molecule has 1 heterocycles. The van der Waals surface area contributed by atoms with Gasteiger partial charge in [-0.05, 0) is 38.8 Å². The summed E-state index contributed by atoms with van der Waals surface area (Å²) in [6.07, 6.45) is 0.822. The lowest BCUT2D eigenvalue weighted by Crippen LogP contribution is -2.45. The van der Waals surface area contributed by atoms with Crippen molar-refractivity contribution in [1.82, 2.24) is 5.32 Å². The highest BCUT2D eigenvalue weighted by Gasteiger charge is 2.30. The van der Waals surface area contributed by atoms with Gasteiger partial charge in [-0.1, -0.05) is 18.2 Å². The highest BCUT2D eigenvalue weighted by Crippen LogP contribution is 2.28. The van der Waals surface area contributed by atoms with Crippen LogP contribution in [0.4, 0.5) is 5.69 Å². The van der Waals surface area contributed by atoms with Crippen LogP contribution in [0.5, 0.6) is 0 Å². The van der Waals surface area contributed by atoms with Crippen LogP contribution in [0, 0.1) is 5.92 Å². The SMILES string of the molecule is CC(C)NC(=O)C1Cc2ccccc2NC1C. The molecule has 3 heteroatoms. The van der Waals surface area contributed by atoms with Crippen LogP contribution in [0.3, 0.4) is 0 Å². The molecule has 1 aromatic carbocycles. The van der Waals surface area contributed by atoms with E-state index in [2.05, 4.69) is 29.7 Å². The third kappa shape index (κ3) is 2.60. The molecular formula is C14H20N2O. The standard InChI is InChI=1S/C14H20N2O/c1-9(2)15-14(17)12-8-11-6-4-5-7-13(11)16-10(12)3/h4-7,9-10,12,16H,8H2,1-3H3,(H,15,17). The maximum atomic E-state index is 12.1. The Kier molecular flexibility index (Phi) is 3.36. The minimum atomic E-state index is 0.0206. The summed E-state index contributed by atoms with van der Waals surface area (Å²) in [7, 11) is 0. The van der Waals surface area contributed by atoms with E-state index in [1.807, 2.05) is 26.0 Å². The van der Waals surface area contributed by atoms with Crippen molar-refractivity contribution in [2.75, 3.05) is 5.32 Å². The van der Waals surface area contributed by atoms with Crippen LogP contribution in [0.25, 0.3) is 0 Å². The normalized spacial score (nSPS) is 22.8. The fourth-order valence-corrected chi connectivity index (χ4v) is 2.31. The average Bonchev–Trinajstić information content (AvgIpc) is 2.27. The number of hydrogen-bond acceptors (Lipinski definition) is 2. The predicted molar refractivity (Wildman–Crippen MR) is 70.0 cm³/mol. The van der Waals surface area contributed by atoms with Crippen LogP contribution in [0.15, 0.2) is 24.3 Å². The van der Waals surface area contributed by atoms with Crippen LogP contribution >= 0.6 is 0 Å². The summed E-state index contributed by atoms with van der Waals surface area (Å²) in [5, 5.41) is 6.40. The molecule has 0 saturated carbocycles. The summed E-state index contributed by atoms with van der Waals surface area (Å²) in [4.78, 5) is 12.1. The molecule has 2 rings (SSSR count). The summed E-state index contributed by atoms with van der Waals surface area (Å²) in [5.41, 5.74) is 2.39. The molecule has 0 fully saturated rings. The molecule has 1 aromatic rings. The smallest absolute Gasteiger partial charge is 0.225 e. The van der Waals surface area contributed by atoms with E-state index in [-0.39, 0.29) is 23.9 Å². The molecule has 2 N–H and O–H groups in total. The van der Waals surface area contributed by atoms with Crippen molar-refractivity contribution in [2.45, 2.75) is 39.3 Å². The Morgan fingerprint density at radius 3 is 2.82 bits per heavy atom. The molecular weight excluding hydrogens is 212 g/mol. The molecule has 0 saturated heterocycles. The first kappa shape index (κ1) is 12.0. The summed E-state index contributed by atoms with van der Waals surface area (Å²) in [6.45, 7) is 6.06. The Balaban J connectivity index is 2.14. The molecule has 2 unspecified atom stereocenters. The molecule has 1 amide bonds. The van der Waals surface area contributed by atoms with Gasteiger partial charge in [0.2, 0.25) is 5.91 Å². The van der Waals surface area contributed by atoms with Crippen molar-refractivity contribution in [3.63, 3.8) is 0 Å². The van der Waals surface area contributed by atoms with E-state index in [4.69, 9.17) is 0 Å². The number of nitrogens with one attached hydrogen (secondary N) is 2. The van der Waals surface area contributed by atoms with Crippen LogP contribution in [-0.2, 0) is 11.2 Å².